The molecule has 2 saturated heterocycles. The number of carbonyl (C=O) groups excluding carboxylic acids is 1. The summed E-state index contributed by atoms with van der Waals surface area (Å²) in [5, 5.41) is 2.92. The van der Waals surface area contributed by atoms with Gasteiger partial charge in [-0.1, -0.05) is 42.5 Å². The van der Waals surface area contributed by atoms with Crippen molar-refractivity contribution in [3.63, 3.8) is 0 Å². The van der Waals surface area contributed by atoms with Gasteiger partial charge in [0.2, 0.25) is 0 Å². The van der Waals surface area contributed by atoms with Crippen LogP contribution < -0.4 is 24.6 Å². The number of amides is 1. The van der Waals surface area contributed by atoms with Crippen LogP contribution in [0.5, 0.6) is 11.5 Å². The van der Waals surface area contributed by atoms with Crippen LogP contribution in [-0.4, -0.2) is 70.3 Å². The van der Waals surface area contributed by atoms with Gasteiger partial charge in [0.05, 0.1) is 19.4 Å². The Bertz CT molecular complexity index is 1780. The number of rotatable bonds is 7. The van der Waals surface area contributed by atoms with Crippen LogP contribution in [0.1, 0.15) is 57.3 Å². The first-order chi connectivity index (χ1) is 23.5. The van der Waals surface area contributed by atoms with E-state index in [1.54, 1.807) is 13.2 Å². The molecule has 4 aromatic rings. The number of halogens is 1. The van der Waals surface area contributed by atoms with E-state index in [0.29, 0.717) is 24.8 Å². The van der Waals surface area contributed by atoms with Gasteiger partial charge in [0, 0.05) is 87.1 Å². The van der Waals surface area contributed by atoms with Crippen molar-refractivity contribution in [2.45, 2.75) is 31.2 Å². The van der Waals surface area contributed by atoms with Gasteiger partial charge in [0.15, 0.2) is 0 Å². The molecular formula is C40H43FN4O3. The van der Waals surface area contributed by atoms with Crippen LogP contribution in [0.4, 0.5) is 15.8 Å². The quantitative estimate of drug-likeness (QED) is 0.250. The van der Waals surface area contributed by atoms with Gasteiger partial charge in [-0.15, -0.1) is 0 Å². The number of methoxy groups -OCH3 is 1. The second kappa shape index (κ2) is 13.2. The van der Waals surface area contributed by atoms with Crippen LogP contribution in [0.3, 0.4) is 0 Å². The van der Waals surface area contributed by atoms with Crippen LogP contribution in [0.2, 0.25) is 0 Å². The SMILES string of the molecule is COc1ccc2c(c1)OC[C@H](c1ccccc1)[C@@H]2c1ccc(N2CCC(CN3CCN(c4ccc5c(c4)CNC5=O)CC3)CC2)c(F)c1. The van der Waals surface area contributed by atoms with Crippen LogP contribution in [0, 0.1) is 11.7 Å². The molecule has 0 bridgehead atoms. The summed E-state index contributed by atoms with van der Waals surface area (Å²) in [5.74, 6) is 2.11. The summed E-state index contributed by atoms with van der Waals surface area (Å²) in [6.45, 7) is 8.05. The monoisotopic (exact) mass is 646 g/mol. The van der Waals surface area contributed by atoms with Gasteiger partial charge >= 0.3 is 0 Å². The number of hydrogen-bond acceptors (Lipinski definition) is 6. The van der Waals surface area contributed by atoms with E-state index in [9.17, 15) is 4.79 Å². The lowest BCUT2D eigenvalue weighted by molar-refractivity contribution is 0.0965. The highest BCUT2D eigenvalue weighted by molar-refractivity contribution is 5.98. The van der Waals surface area contributed by atoms with Crippen molar-refractivity contribution < 1.29 is 18.7 Å². The van der Waals surface area contributed by atoms with Gasteiger partial charge in [-0.3, -0.25) is 9.69 Å². The Labute approximate surface area is 282 Å². The van der Waals surface area contributed by atoms with Crippen molar-refractivity contribution in [3.05, 3.63) is 119 Å². The molecule has 8 heteroatoms. The van der Waals surface area contributed by atoms with E-state index in [4.69, 9.17) is 9.47 Å². The fourth-order valence-electron chi connectivity index (χ4n) is 8.22. The fraction of sp³-hybridized carbons (Fsp3) is 0.375. The number of anilines is 2. The second-order valence-electron chi connectivity index (χ2n) is 13.7. The largest absolute Gasteiger partial charge is 0.497 e. The number of carbonyl (C=O) groups is 1. The molecular weight excluding hydrogens is 603 g/mol. The number of piperazine rings is 1. The molecule has 7 nitrogen and oxygen atoms in total. The summed E-state index contributed by atoms with van der Waals surface area (Å²) in [6.07, 6.45) is 2.14. The maximum absolute atomic E-state index is 16.0. The van der Waals surface area contributed by atoms with Crippen molar-refractivity contribution in [2.24, 2.45) is 5.92 Å². The Kier molecular flexibility index (Phi) is 8.43. The van der Waals surface area contributed by atoms with Gasteiger partial charge in [-0.2, -0.15) is 0 Å². The molecule has 2 atom stereocenters. The third-order valence-corrected chi connectivity index (χ3v) is 10.9. The molecule has 0 spiro atoms. The molecule has 8 rings (SSSR count). The summed E-state index contributed by atoms with van der Waals surface area (Å²) >= 11 is 0. The molecule has 248 valence electrons. The van der Waals surface area contributed by atoms with Crippen LogP contribution in [-0.2, 0) is 6.54 Å². The molecule has 1 amide bonds. The van der Waals surface area contributed by atoms with Crippen molar-refractivity contribution >= 4 is 17.3 Å². The van der Waals surface area contributed by atoms with Gasteiger partial charge in [0.1, 0.15) is 17.3 Å². The van der Waals surface area contributed by atoms with E-state index < -0.39 is 0 Å². The highest BCUT2D eigenvalue weighted by atomic mass is 19.1. The molecule has 0 aromatic heterocycles. The van der Waals surface area contributed by atoms with E-state index >= 15 is 4.39 Å². The van der Waals surface area contributed by atoms with E-state index in [1.807, 2.05) is 30.3 Å². The van der Waals surface area contributed by atoms with Crippen LogP contribution in [0.15, 0.2) is 84.9 Å². The first-order valence-electron chi connectivity index (χ1n) is 17.3. The molecule has 4 aliphatic heterocycles. The Morgan fingerprint density at radius 2 is 1.67 bits per heavy atom. The number of nitrogens with zero attached hydrogens (tertiary/aromatic N) is 3. The first-order valence-corrected chi connectivity index (χ1v) is 17.3. The number of fused-ring (bicyclic) bond motifs is 2. The van der Waals surface area contributed by atoms with Crippen molar-refractivity contribution in [1.82, 2.24) is 10.2 Å². The average Bonchev–Trinajstić information content (AvgIpc) is 3.51. The predicted octanol–water partition coefficient (Wildman–Crippen LogP) is 6.42. The number of ether oxygens (including phenoxy) is 2. The lowest BCUT2D eigenvalue weighted by atomic mass is 9.76. The van der Waals surface area contributed by atoms with E-state index in [-0.39, 0.29) is 23.6 Å². The molecule has 0 radical (unpaired) electrons. The molecule has 1 N–H and O–H groups in total. The van der Waals surface area contributed by atoms with Gasteiger partial charge in [-0.05, 0) is 71.8 Å². The van der Waals surface area contributed by atoms with E-state index in [1.165, 1.54) is 11.3 Å². The summed E-state index contributed by atoms with van der Waals surface area (Å²) in [6, 6.07) is 28.5. The zero-order chi connectivity index (χ0) is 32.6. The highest BCUT2D eigenvalue weighted by Crippen LogP contribution is 2.47. The number of hydrogen-bond donors (Lipinski definition) is 1. The number of benzene rings is 4. The molecule has 0 aliphatic carbocycles. The fourth-order valence-corrected chi connectivity index (χ4v) is 8.22. The van der Waals surface area contributed by atoms with Crippen LogP contribution >= 0.6 is 0 Å². The van der Waals surface area contributed by atoms with Gasteiger partial charge in [-0.25, -0.2) is 4.39 Å². The topological polar surface area (TPSA) is 57.3 Å². The third-order valence-electron chi connectivity index (χ3n) is 10.9. The Morgan fingerprint density at radius 3 is 2.44 bits per heavy atom. The second-order valence-corrected chi connectivity index (χ2v) is 13.7. The first kappa shape index (κ1) is 30.8. The zero-order valence-corrected chi connectivity index (χ0v) is 27.5. The van der Waals surface area contributed by atoms with Crippen molar-refractivity contribution in [2.75, 3.05) is 69.3 Å². The van der Waals surface area contributed by atoms with Gasteiger partial charge in [0.25, 0.3) is 5.91 Å². The van der Waals surface area contributed by atoms with Gasteiger partial charge < -0.3 is 24.6 Å². The minimum Gasteiger partial charge on any atom is -0.497 e. The van der Waals surface area contributed by atoms with Crippen molar-refractivity contribution in [1.29, 1.82) is 0 Å². The maximum Gasteiger partial charge on any atom is 0.251 e. The van der Waals surface area contributed by atoms with Crippen LogP contribution in [0.25, 0.3) is 0 Å². The third kappa shape index (κ3) is 5.98. The van der Waals surface area contributed by atoms with E-state index in [0.717, 1.165) is 92.4 Å². The highest BCUT2D eigenvalue weighted by Gasteiger charge is 2.35. The van der Waals surface area contributed by atoms with Crippen molar-refractivity contribution in [3.8, 4) is 11.5 Å². The summed E-state index contributed by atoms with van der Waals surface area (Å²) in [5.41, 5.74) is 7.05. The molecule has 4 heterocycles. The number of nitrogens with one attached hydrogen (secondary N) is 1. The Morgan fingerprint density at radius 1 is 0.854 bits per heavy atom. The normalized spacial score (nSPS) is 21.3. The molecule has 0 saturated carbocycles. The molecule has 48 heavy (non-hydrogen) atoms. The minimum absolute atomic E-state index is 0.0271. The minimum atomic E-state index is -0.151. The molecule has 2 fully saturated rings. The zero-order valence-electron chi connectivity index (χ0n) is 27.5. The standard InChI is InChI=1S/C40H43FN4O3/c1-47-32-9-11-34-38(23-32)48-26-35(28-5-3-2-4-6-28)39(34)29-7-12-37(36(41)22-29)45-15-13-27(14-16-45)25-43-17-19-44(20-18-43)31-8-10-33-30(21-31)24-42-40(33)46/h2-12,21-23,27,35,39H,13-20,24-26H2,1H3,(H,42,46)/t35-,39-/m1/s1. The lowest BCUT2D eigenvalue weighted by Gasteiger charge is -2.40. The summed E-state index contributed by atoms with van der Waals surface area (Å²) in [4.78, 5) is 19.2. The molecule has 4 aliphatic rings. The molecule has 0 unspecified atom stereocenters. The smallest absolute Gasteiger partial charge is 0.251 e. The summed E-state index contributed by atoms with van der Waals surface area (Å²) < 4.78 is 27.7. The Balaban J connectivity index is 0.903. The average molecular weight is 647 g/mol. The molecule has 4 aromatic carbocycles. The summed E-state index contributed by atoms with van der Waals surface area (Å²) in [7, 11) is 1.66. The predicted molar refractivity (Wildman–Crippen MR) is 187 cm³/mol. The Hall–Kier alpha value is -4.56. The maximum atomic E-state index is 16.0. The lowest BCUT2D eigenvalue weighted by Crippen LogP contribution is -2.49. The number of piperidine rings is 1. The van der Waals surface area contributed by atoms with E-state index in [2.05, 4.69) is 68.5 Å².